The highest BCUT2D eigenvalue weighted by atomic mass is 32.2. The van der Waals surface area contributed by atoms with Gasteiger partial charge in [-0.25, -0.2) is 13.4 Å². The Labute approximate surface area is 125 Å². The molecule has 21 heavy (non-hydrogen) atoms. The largest absolute Gasteiger partial charge is 0.383 e. The van der Waals surface area contributed by atoms with Gasteiger partial charge in [-0.05, 0) is 12.1 Å². The summed E-state index contributed by atoms with van der Waals surface area (Å²) < 4.78 is 26.2. The summed E-state index contributed by atoms with van der Waals surface area (Å²) in [5.74, 6) is 0.533. The summed E-state index contributed by atoms with van der Waals surface area (Å²) >= 11 is 1.35. The minimum atomic E-state index is -3.45. The van der Waals surface area contributed by atoms with Gasteiger partial charge in [-0.15, -0.1) is 0 Å². The topological polar surface area (TPSA) is 95.1 Å². The van der Waals surface area contributed by atoms with Crippen LogP contribution in [0.2, 0.25) is 0 Å². The van der Waals surface area contributed by atoms with E-state index in [1.165, 1.54) is 22.4 Å². The second-order valence-electron chi connectivity index (χ2n) is 4.73. The molecule has 0 bridgehead atoms. The van der Waals surface area contributed by atoms with Gasteiger partial charge >= 0.3 is 0 Å². The number of sulfone groups is 1. The molecule has 2 aromatic rings. The molecule has 3 rings (SSSR count). The number of nitrogen functional groups attached to an aromatic ring is 1. The van der Waals surface area contributed by atoms with Crippen LogP contribution in [0.1, 0.15) is 6.04 Å². The fourth-order valence-corrected chi connectivity index (χ4v) is 5.11. The van der Waals surface area contributed by atoms with Crippen molar-refractivity contribution in [3.05, 3.63) is 46.8 Å². The predicted molar refractivity (Wildman–Crippen MR) is 81.2 cm³/mol. The Bertz CT molecular complexity index is 831. The molecular formula is C13H13N3O3S2. The van der Waals surface area contributed by atoms with Crippen molar-refractivity contribution in [2.24, 2.45) is 0 Å². The van der Waals surface area contributed by atoms with Crippen LogP contribution in [-0.4, -0.2) is 29.5 Å². The molecule has 1 aliphatic rings. The lowest BCUT2D eigenvalue weighted by molar-refractivity contribution is 0.528. The first-order valence-electron chi connectivity index (χ1n) is 6.27. The van der Waals surface area contributed by atoms with E-state index in [1.807, 2.05) is 0 Å². The zero-order valence-electron chi connectivity index (χ0n) is 11.0. The third kappa shape index (κ3) is 2.68. The number of hydrogen-bond donors (Lipinski definition) is 1. The van der Waals surface area contributed by atoms with E-state index in [9.17, 15) is 13.2 Å². The van der Waals surface area contributed by atoms with Gasteiger partial charge in [0.05, 0.1) is 16.7 Å². The second-order valence-corrected chi connectivity index (χ2v) is 7.75. The number of benzene rings is 1. The monoisotopic (exact) mass is 323 g/mol. The average molecular weight is 323 g/mol. The van der Waals surface area contributed by atoms with Crippen molar-refractivity contribution in [1.29, 1.82) is 0 Å². The molecule has 1 aliphatic heterocycles. The van der Waals surface area contributed by atoms with Crippen molar-refractivity contribution in [2.75, 3.05) is 17.2 Å². The highest BCUT2D eigenvalue weighted by Gasteiger charge is 2.30. The molecule has 1 atom stereocenters. The van der Waals surface area contributed by atoms with E-state index >= 15 is 0 Å². The number of nitrogens with zero attached hydrogens (tertiary/aromatic N) is 2. The Balaban J connectivity index is 1.95. The lowest BCUT2D eigenvalue weighted by Gasteiger charge is -2.13. The molecule has 2 heterocycles. The zero-order chi connectivity index (χ0) is 15.0. The number of hydrogen-bond acceptors (Lipinski definition) is 6. The first kappa shape index (κ1) is 14.2. The van der Waals surface area contributed by atoms with Gasteiger partial charge in [-0.2, -0.15) is 0 Å². The first-order chi connectivity index (χ1) is 9.97. The quantitative estimate of drug-likeness (QED) is 0.845. The molecule has 0 amide bonds. The van der Waals surface area contributed by atoms with E-state index < -0.39 is 15.9 Å². The highest BCUT2D eigenvalue weighted by molar-refractivity contribution is 7.99. The van der Waals surface area contributed by atoms with Crippen LogP contribution in [-0.2, 0) is 9.84 Å². The summed E-state index contributed by atoms with van der Waals surface area (Å²) in [7, 11) is -3.45. The maximum absolute atomic E-state index is 12.4. The molecule has 1 aromatic carbocycles. The molecule has 8 heteroatoms. The van der Waals surface area contributed by atoms with Gasteiger partial charge < -0.3 is 5.73 Å². The van der Waals surface area contributed by atoms with Crippen LogP contribution in [0, 0.1) is 0 Å². The number of nitrogens with two attached hydrogens (primary N) is 1. The molecular weight excluding hydrogens is 310 g/mol. The lowest BCUT2D eigenvalue weighted by atomic mass is 10.4. The molecule has 110 valence electrons. The third-order valence-electron chi connectivity index (χ3n) is 3.22. The molecule has 0 saturated heterocycles. The third-order valence-corrected chi connectivity index (χ3v) is 6.14. The van der Waals surface area contributed by atoms with Crippen molar-refractivity contribution < 1.29 is 8.42 Å². The molecule has 0 aliphatic carbocycles. The smallest absolute Gasteiger partial charge is 0.256 e. The van der Waals surface area contributed by atoms with E-state index in [2.05, 4.69) is 4.98 Å². The Morgan fingerprint density at radius 1 is 1.33 bits per heavy atom. The first-order valence-corrected chi connectivity index (χ1v) is 8.91. The van der Waals surface area contributed by atoms with Gasteiger partial charge in [-0.1, -0.05) is 30.0 Å². The van der Waals surface area contributed by atoms with Crippen LogP contribution in [0.5, 0.6) is 0 Å². The molecule has 0 spiro atoms. The van der Waals surface area contributed by atoms with Crippen molar-refractivity contribution in [2.45, 2.75) is 16.1 Å². The summed E-state index contributed by atoms with van der Waals surface area (Å²) in [6.45, 7) is 0. The molecule has 0 saturated carbocycles. The summed E-state index contributed by atoms with van der Waals surface area (Å²) in [4.78, 5) is 16.3. The average Bonchev–Trinajstić information content (AvgIpc) is 2.82. The van der Waals surface area contributed by atoms with Gasteiger partial charge in [0.2, 0.25) is 0 Å². The van der Waals surface area contributed by atoms with Crippen LogP contribution in [0.4, 0.5) is 5.82 Å². The highest BCUT2D eigenvalue weighted by Crippen LogP contribution is 2.32. The zero-order valence-corrected chi connectivity index (χ0v) is 12.6. The summed E-state index contributed by atoms with van der Waals surface area (Å²) in [6, 6.07) is 9.03. The van der Waals surface area contributed by atoms with E-state index in [0.29, 0.717) is 10.9 Å². The number of aromatic nitrogens is 2. The van der Waals surface area contributed by atoms with E-state index in [-0.39, 0.29) is 22.0 Å². The second kappa shape index (κ2) is 5.19. The normalized spacial score (nSPS) is 17.6. The molecule has 1 aromatic heterocycles. The van der Waals surface area contributed by atoms with Crippen LogP contribution >= 0.6 is 11.8 Å². The number of rotatable bonds is 3. The predicted octanol–water partition coefficient (Wildman–Crippen LogP) is 0.946. The summed E-state index contributed by atoms with van der Waals surface area (Å²) in [6.07, 6.45) is 0. The number of thioether (sulfide) groups is 1. The van der Waals surface area contributed by atoms with Gasteiger partial charge in [0, 0.05) is 11.8 Å². The van der Waals surface area contributed by atoms with E-state index in [4.69, 9.17) is 5.73 Å². The molecule has 0 fully saturated rings. The van der Waals surface area contributed by atoms with Gasteiger partial charge in [0.1, 0.15) is 5.82 Å². The SMILES string of the molecule is Nc1cc(=O)n2c(n1)SCC2CS(=O)(=O)c1ccccc1. The Morgan fingerprint density at radius 2 is 2.05 bits per heavy atom. The number of fused-ring (bicyclic) bond motifs is 1. The lowest BCUT2D eigenvalue weighted by Crippen LogP contribution is -2.29. The van der Waals surface area contributed by atoms with Crippen LogP contribution in [0.3, 0.4) is 0 Å². The molecule has 0 radical (unpaired) electrons. The molecule has 1 unspecified atom stereocenters. The minimum absolute atomic E-state index is 0.123. The fraction of sp³-hybridized carbons (Fsp3) is 0.231. The summed E-state index contributed by atoms with van der Waals surface area (Å²) in [5.41, 5.74) is 5.23. The van der Waals surface area contributed by atoms with Crippen LogP contribution in [0.25, 0.3) is 0 Å². The van der Waals surface area contributed by atoms with E-state index in [1.54, 1.807) is 30.3 Å². The van der Waals surface area contributed by atoms with Crippen molar-refractivity contribution in [1.82, 2.24) is 9.55 Å². The number of anilines is 1. The molecule has 6 nitrogen and oxygen atoms in total. The van der Waals surface area contributed by atoms with Crippen molar-refractivity contribution in [3.63, 3.8) is 0 Å². The van der Waals surface area contributed by atoms with Crippen molar-refractivity contribution >= 4 is 27.4 Å². The Hall–Kier alpha value is -1.80. The van der Waals surface area contributed by atoms with Crippen molar-refractivity contribution in [3.8, 4) is 0 Å². The molecule has 2 N–H and O–H groups in total. The maximum atomic E-state index is 12.4. The van der Waals surface area contributed by atoms with Crippen LogP contribution < -0.4 is 11.3 Å². The fourth-order valence-electron chi connectivity index (χ4n) is 2.27. The standard InChI is InChI=1S/C13H13N3O3S2/c14-11-6-12(17)16-9(7-20-13(16)15-11)8-21(18,19)10-4-2-1-3-5-10/h1-6,9H,7-8,14H2. The van der Waals surface area contributed by atoms with Gasteiger partial charge in [-0.3, -0.25) is 9.36 Å². The minimum Gasteiger partial charge on any atom is -0.383 e. The Kier molecular flexibility index (Phi) is 3.50. The Morgan fingerprint density at radius 3 is 2.76 bits per heavy atom. The van der Waals surface area contributed by atoms with Crippen LogP contribution in [0.15, 0.2) is 51.2 Å². The van der Waals surface area contributed by atoms with Gasteiger partial charge in [0.25, 0.3) is 5.56 Å². The van der Waals surface area contributed by atoms with Gasteiger partial charge in [0.15, 0.2) is 15.0 Å². The maximum Gasteiger partial charge on any atom is 0.256 e. The summed E-state index contributed by atoms with van der Waals surface area (Å²) in [5, 5.41) is 0.480. The van der Waals surface area contributed by atoms with E-state index in [0.717, 1.165) is 0 Å².